The van der Waals surface area contributed by atoms with E-state index >= 15 is 0 Å². The Balaban J connectivity index is 1.65. The number of thiazole rings is 1. The van der Waals surface area contributed by atoms with E-state index in [1.807, 2.05) is 24.3 Å². The minimum Gasteiger partial charge on any atom is -0.301 e. The van der Waals surface area contributed by atoms with Crippen LogP contribution in [0.5, 0.6) is 0 Å². The van der Waals surface area contributed by atoms with Crippen LogP contribution in [0.25, 0.3) is 10.2 Å². The first kappa shape index (κ1) is 19.5. The Morgan fingerprint density at radius 2 is 1.82 bits per heavy atom. The summed E-state index contributed by atoms with van der Waals surface area (Å²) in [5, 5.41) is 3.49. The van der Waals surface area contributed by atoms with Crippen molar-refractivity contribution in [1.29, 1.82) is 0 Å². The lowest BCUT2D eigenvalue weighted by Crippen LogP contribution is -2.37. The van der Waals surface area contributed by atoms with Gasteiger partial charge in [-0.1, -0.05) is 52.2 Å². The van der Waals surface area contributed by atoms with Crippen LogP contribution in [0.1, 0.15) is 31.2 Å². The van der Waals surface area contributed by atoms with Gasteiger partial charge in [0.25, 0.3) is 0 Å². The zero-order valence-electron chi connectivity index (χ0n) is 15.2. The van der Waals surface area contributed by atoms with Gasteiger partial charge in [-0.25, -0.2) is 13.4 Å². The van der Waals surface area contributed by atoms with Crippen molar-refractivity contribution in [3.63, 3.8) is 0 Å². The Bertz CT molecular complexity index is 1150. The zero-order chi connectivity index (χ0) is 19.9. The maximum absolute atomic E-state index is 13.3. The molecule has 28 heavy (non-hydrogen) atoms. The van der Waals surface area contributed by atoms with Crippen LogP contribution >= 0.6 is 27.3 Å². The number of anilines is 1. The summed E-state index contributed by atoms with van der Waals surface area (Å²) >= 11 is 4.75. The van der Waals surface area contributed by atoms with Crippen molar-refractivity contribution in [1.82, 2.24) is 4.98 Å². The van der Waals surface area contributed by atoms with E-state index in [1.54, 1.807) is 18.2 Å². The Hall–Kier alpha value is -1.77. The first-order valence-corrected chi connectivity index (χ1v) is 12.5. The molecular weight excluding hydrogens is 460 g/mol. The van der Waals surface area contributed by atoms with Gasteiger partial charge in [-0.3, -0.25) is 4.79 Å². The molecule has 1 saturated carbocycles. The number of hydrogen-bond acceptors (Lipinski definition) is 5. The van der Waals surface area contributed by atoms with Crippen LogP contribution in [0.2, 0.25) is 0 Å². The molecule has 2 aromatic carbocycles. The zero-order valence-corrected chi connectivity index (χ0v) is 18.5. The minimum absolute atomic E-state index is 0.0466. The third-order valence-corrected chi connectivity index (χ3v) is 7.87. The van der Waals surface area contributed by atoms with Crippen molar-refractivity contribution in [3.05, 3.63) is 52.5 Å². The Labute approximate surface area is 176 Å². The van der Waals surface area contributed by atoms with Crippen molar-refractivity contribution in [2.45, 2.75) is 36.0 Å². The topological polar surface area (TPSA) is 76.1 Å². The van der Waals surface area contributed by atoms with Crippen molar-refractivity contribution >= 4 is 58.4 Å². The molecule has 4 rings (SSSR count). The number of benzene rings is 2. The number of carbonyl (C=O) groups is 1. The van der Waals surface area contributed by atoms with E-state index in [1.165, 1.54) is 17.6 Å². The van der Waals surface area contributed by atoms with Gasteiger partial charge in [-0.15, -0.1) is 0 Å². The molecule has 1 aliphatic carbocycles. The van der Waals surface area contributed by atoms with Gasteiger partial charge in [0.15, 0.2) is 15.0 Å². The minimum atomic E-state index is -3.28. The maximum atomic E-state index is 13.3. The molecule has 1 fully saturated rings. The first-order valence-electron chi connectivity index (χ1n) is 8.96. The highest BCUT2D eigenvalue weighted by Crippen LogP contribution is 2.43. The number of carbonyl (C=O) groups excluding carboxylic acids is 1. The van der Waals surface area contributed by atoms with Crippen molar-refractivity contribution in [2.24, 2.45) is 0 Å². The number of hydrogen-bond donors (Lipinski definition) is 1. The number of nitrogens with zero attached hydrogens (tertiary/aromatic N) is 1. The van der Waals surface area contributed by atoms with E-state index < -0.39 is 15.3 Å². The SMILES string of the molecule is CS(=O)(=O)c1ccc2nc(NC(=O)C3(c4ccc(Br)cc4)CCCC3)sc2c1. The standard InChI is InChI=1S/C20H19BrN2O3S2/c1-28(25,26)15-8-9-16-17(12-15)27-19(22-16)23-18(24)20(10-2-3-11-20)13-4-6-14(21)7-5-13/h4-9,12H,2-3,10-11H2,1H3,(H,22,23,24). The average molecular weight is 479 g/mol. The summed E-state index contributed by atoms with van der Waals surface area (Å²) in [6, 6.07) is 12.8. The molecule has 0 saturated heterocycles. The number of aromatic nitrogens is 1. The highest BCUT2D eigenvalue weighted by atomic mass is 79.9. The highest BCUT2D eigenvalue weighted by Gasteiger charge is 2.43. The summed E-state index contributed by atoms with van der Waals surface area (Å²) in [5.41, 5.74) is 1.15. The Morgan fingerprint density at radius 1 is 1.14 bits per heavy atom. The molecule has 146 valence electrons. The van der Waals surface area contributed by atoms with E-state index in [-0.39, 0.29) is 10.8 Å². The molecule has 0 spiro atoms. The molecule has 0 atom stereocenters. The second-order valence-electron chi connectivity index (χ2n) is 7.17. The van der Waals surface area contributed by atoms with E-state index in [0.29, 0.717) is 10.6 Å². The second kappa shape index (κ2) is 7.24. The fourth-order valence-corrected chi connectivity index (χ4v) is 5.69. The summed E-state index contributed by atoms with van der Waals surface area (Å²) in [6.07, 6.45) is 4.83. The lowest BCUT2D eigenvalue weighted by molar-refractivity contribution is -0.121. The third-order valence-electron chi connectivity index (χ3n) is 5.30. The van der Waals surface area contributed by atoms with Crippen molar-refractivity contribution in [3.8, 4) is 0 Å². The molecule has 1 aliphatic rings. The van der Waals surface area contributed by atoms with Gasteiger partial charge >= 0.3 is 0 Å². The predicted octanol–water partition coefficient (Wildman–Crippen LogP) is 4.91. The summed E-state index contributed by atoms with van der Waals surface area (Å²) in [6.45, 7) is 0. The summed E-state index contributed by atoms with van der Waals surface area (Å²) in [7, 11) is -3.28. The molecule has 1 heterocycles. The molecule has 0 bridgehead atoms. The van der Waals surface area contributed by atoms with E-state index in [0.717, 1.165) is 40.4 Å². The normalized spacial score (nSPS) is 16.4. The van der Waals surface area contributed by atoms with E-state index in [9.17, 15) is 13.2 Å². The van der Waals surface area contributed by atoms with Gasteiger partial charge in [0.2, 0.25) is 5.91 Å². The van der Waals surface area contributed by atoms with Gasteiger partial charge < -0.3 is 5.32 Å². The monoisotopic (exact) mass is 478 g/mol. The van der Waals surface area contributed by atoms with Crippen LogP contribution in [0, 0.1) is 0 Å². The molecule has 5 nitrogen and oxygen atoms in total. The molecule has 1 aromatic heterocycles. The van der Waals surface area contributed by atoms with Crippen LogP contribution in [0.15, 0.2) is 51.8 Å². The lowest BCUT2D eigenvalue weighted by Gasteiger charge is -2.27. The summed E-state index contributed by atoms with van der Waals surface area (Å²) in [5.74, 6) is -0.0466. The van der Waals surface area contributed by atoms with Crippen LogP contribution < -0.4 is 5.32 Å². The number of rotatable bonds is 4. The quantitative estimate of drug-likeness (QED) is 0.577. The van der Waals surface area contributed by atoms with Crippen LogP contribution in [-0.2, 0) is 20.0 Å². The van der Waals surface area contributed by atoms with Gasteiger partial charge in [0, 0.05) is 10.7 Å². The second-order valence-corrected chi connectivity index (χ2v) is 11.1. The van der Waals surface area contributed by atoms with E-state index in [4.69, 9.17) is 0 Å². The highest BCUT2D eigenvalue weighted by molar-refractivity contribution is 9.10. The number of sulfone groups is 1. The number of amides is 1. The lowest BCUT2D eigenvalue weighted by atomic mass is 9.78. The fourth-order valence-electron chi connectivity index (χ4n) is 3.80. The smallest absolute Gasteiger partial charge is 0.236 e. The largest absolute Gasteiger partial charge is 0.301 e. The molecular formula is C20H19BrN2O3S2. The molecule has 1 N–H and O–H groups in total. The van der Waals surface area contributed by atoms with Crippen molar-refractivity contribution in [2.75, 3.05) is 11.6 Å². The number of fused-ring (bicyclic) bond motifs is 1. The van der Waals surface area contributed by atoms with Gasteiger partial charge in [0.1, 0.15) is 0 Å². The van der Waals surface area contributed by atoms with Crippen LogP contribution in [-0.4, -0.2) is 25.6 Å². The molecule has 3 aromatic rings. The maximum Gasteiger partial charge on any atom is 0.236 e. The third kappa shape index (κ3) is 3.60. The molecule has 1 amide bonds. The Kier molecular flexibility index (Phi) is 5.05. The first-order chi connectivity index (χ1) is 13.3. The molecule has 0 unspecified atom stereocenters. The van der Waals surface area contributed by atoms with Crippen molar-refractivity contribution < 1.29 is 13.2 Å². The van der Waals surface area contributed by atoms with Crippen LogP contribution in [0.3, 0.4) is 0 Å². The summed E-state index contributed by atoms with van der Waals surface area (Å²) < 4.78 is 25.3. The van der Waals surface area contributed by atoms with Gasteiger partial charge in [-0.05, 0) is 48.7 Å². The van der Waals surface area contributed by atoms with Gasteiger partial charge in [0.05, 0.1) is 20.5 Å². The molecule has 8 heteroatoms. The predicted molar refractivity (Wildman–Crippen MR) is 116 cm³/mol. The van der Waals surface area contributed by atoms with Gasteiger partial charge in [-0.2, -0.15) is 0 Å². The number of halogens is 1. The van der Waals surface area contributed by atoms with E-state index in [2.05, 4.69) is 26.2 Å². The Morgan fingerprint density at radius 3 is 2.46 bits per heavy atom. The summed E-state index contributed by atoms with van der Waals surface area (Å²) in [4.78, 5) is 18.0. The molecule has 0 aliphatic heterocycles. The van der Waals surface area contributed by atoms with Crippen LogP contribution in [0.4, 0.5) is 5.13 Å². The number of nitrogens with one attached hydrogen (secondary N) is 1. The average Bonchev–Trinajstić information content (AvgIpc) is 3.28. The fraction of sp³-hybridized carbons (Fsp3) is 0.300. The molecule has 0 radical (unpaired) electrons.